The molecular weight excluding hydrogens is 287 g/mol. The summed E-state index contributed by atoms with van der Waals surface area (Å²) in [7, 11) is 0. The van der Waals surface area contributed by atoms with Crippen molar-refractivity contribution >= 4 is 17.3 Å². The van der Waals surface area contributed by atoms with Gasteiger partial charge in [0.2, 0.25) is 5.82 Å². The second-order valence-electron chi connectivity index (χ2n) is 3.93. The predicted molar refractivity (Wildman–Crippen MR) is 72.5 cm³/mol. The molecule has 0 fully saturated rings. The van der Waals surface area contributed by atoms with Gasteiger partial charge in [-0.2, -0.15) is 4.39 Å². The second kappa shape index (κ2) is 5.85. The molecule has 0 spiro atoms. The first-order valence-corrected chi connectivity index (χ1v) is 5.99. The van der Waals surface area contributed by atoms with E-state index in [1.807, 2.05) is 0 Å². The van der Waals surface area contributed by atoms with Crippen LogP contribution in [0.4, 0.5) is 10.1 Å². The van der Waals surface area contributed by atoms with Gasteiger partial charge in [-0.1, -0.05) is 17.7 Å². The van der Waals surface area contributed by atoms with Gasteiger partial charge in [0, 0.05) is 23.7 Å². The highest BCUT2D eigenvalue weighted by Gasteiger charge is 2.14. The lowest BCUT2D eigenvalue weighted by molar-refractivity contribution is -0.387. The van der Waals surface area contributed by atoms with E-state index < -0.39 is 16.4 Å². The second-order valence-corrected chi connectivity index (χ2v) is 4.34. The Kier molecular flexibility index (Phi) is 4.16. The molecule has 2 aromatic carbocycles. The van der Waals surface area contributed by atoms with Crippen LogP contribution >= 0.6 is 11.6 Å². The monoisotopic (exact) mass is 296 g/mol. The molecule has 20 heavy (non-hydrogen) atoms. The molecule has 0 bridgehead atoms. The summed E-state index contributed by atoms with van der Waals surface area (Å²) in [4.78, 5) is 9.70. The van der Waals surface area contributed by atoms with E-state index in [1.165, 1.54) is 6.07 Å². The molecular formula is C13H10ClFN2O3. The Morgan fingerprint density at radius 2 is 1.90 bits per heavy atom. The summed E-state index contributed by atoms with van der Waals surface area (Å²) in [6, 6.07) is 8.17. The van der Waals surface area contributed by atoms with Crippen LogP contribution in [0.15, 0.2) is 36.4 Å². The lowest BCUT2D eigenvalue weighted by Crippen LogP contribution is -1.97. The minimum atomic E-state index is -0.961. The molecule has 0 aliphatic heterocycles. The van der Waals surface area contributed by atoms with E-state index in [0.717, 1.165) is 17.7 Å². The van der Waals surface area contributed by atoms with Crippen molar-refractivity contribution in [3.63, 3.8) is 0 Å². The molecule has 0 aromatic heterocycles. The first-order chi connectivity index (χ1) is 9.51. The predicted octanol–water partition coefficient (Wildman–Crippen LogP) is 3.64. The highest BCUT2D eigenvalue weighted by atomic mass is 35.5. The van der Waals surface area contributed by atoms with E-state index in [0.29, 0.717) is 17.3 Å². The molecule has 0 atom stereocenters. The third-order valence-corrected chi connectivity index (χ3v) is 2.95. The zero-order chi connectivity index (χ0) is 14.7. The van der Waals surface area contributed by atoms with E-state index in [4.69, 9.17) is 22.1 Å². The van der Waals surface area contributed by atoms with Crippen molar-refractivity contribution in [3.05, 3.63) is 62.9 Å². The maximum Gasteiger partial charge on any atom is 0.305 e. The fourth-order valence-corrected chi connectivity index (χ4v) is 1.84. The Morgan fingerprint density at radius 1 is 1.25 bits per heavy atom. The topological polar surface area (TPSA) is 78.4 Å². The maximum absolute atomic E-state index is 13.4. The standard InChI is InChI=1S/C13H10ClFN2O3/c14-11-5-9(2-1-8(11)7-16)20-10-3-4-13(17(18)19)12(15)6-10/h1-6H,7,16H2. The number of nitro benzene ring substituents is 1. The van der Waals surface area contributed by atoms with Gasteiger partial charge in [-0.05, 0) is 23.8 Å². The summed E-state index contributed by atoms with van der Waals surface area (Å²) < 4.78 is 18.8. The Morgan fingerprint density at radius 3 is 2.45 bits per heavy atom. The number of benzene rings is 2. The summed E-state index contributed by atoms with van der Waals surface area (Å²) >= 11 is 5.97. The molecule has 2 N–H and O–H groups in total. The van der Waals surface area contributed by atoms with Crippen LogP contribution < -0.4 is 10.5 Å². The van der Waals surface area contributed by atoms with Crippen LogP contribution in [0.5, 0.6) is 11.5 Å². The van der Waals surface area contributed by atoms with Crippen LogP contribution in [0.2, 0.25) is 5.02 Å². The van der Waals surface area contributed by atoms with Gasteiger partial charge in [0.15, 0.2) is 0 Å². The van der Waals surface area contributed by atoms with Gasteiger partial charge in [-0.25, -0.2) is 0 Å². The number of halogens is 2. The Hall–Kier alpha value is -2.18. The molecule has 0 aliphatic carbocycles. The largest absolute Gasteiger partial charge is 0.457 e. The fourth-order valence-electron chi connectivity index (χ4n) is 1.59. The van der Waals surface area contributed by atoms with Gasteiger partial charge < -0.3 is 10.5 Å². The van der Waals surface area contributed by atoms with E-state index >= 15 is 0 Å². The van der Waals surface area contributed by atoms with E-state index in [2.05, 4.69) is 0 Å². The van der Waals surface area contributed by atoms with Gasteiger partial charge >= 0.3 is 5.69 Å². The SMILES string of the molecule is NCc1ccc(Oc2ccc([N+](=O)[O-])c(F)c2)cc1Cl. The average Bonchev–Trinajstić information content (AvgIpc) is 2.38. The minimum Gasteiger partial charge on any atom is -0.457 e. The highest BCUT2D eigenvalue weighted by Crippen LogP contribution is 2.29. The number of hydrogen-bond acceptors (Lipinski definition) is 4. The van der Waals surface area contributed by atoms with Crippen molar-refractivity contribution in [3.8, 4) is 11.5 Å². The molecule has 5 nitrogen and oxygen atoms in total. The normalized spacial score (nSPS) is 10.3. The van der Waals surface area contributed by atoms with Crippen LogP contribution in [-0.4, -0.2) is 4.92 Å². The molecule has 0 heterocycles. The molecule has 2 aromatic rings. The molecule has 0 saturated heterocycles. The quantitative estimate of drug-likeness (QED) is 0.690. The van der Waals surface area contributed by atoms with Gasteiger partial charge in [0.1, 0.15) is 11.5 Å². The third kappa shape index (κ3) is 3.04. The lowest BCUT2D eigenvalue weighted by atomic mass is 10.2. The Bertz CT molecular complexity index is 664. The molecule has 0 amide bonds. The molecule has 2 rings (SSSR count). The van der Waals surface area contributed by atoms with E-state index in [9.17, 15) is 14.5 Å². The van der Waals surface area contributed by atoms with Crippen molar-refractivity contribution in [2.45, 2.75) is 6.54 Å². The summed E-state index contributed by atoms with van der Waals surface area (Å²) in [5.74, 6) is -0.428. The Balaban J connectivity index is 2.24. The van der Waals surface area contributed by atoms with Crippen LogP contribution in [0, 0.1) is 15.9 Å². The van der Waals surface area contributed by atoms with E-state index in [1.54, 1.807) is 18.2 Å². The van der Waals surface area contributed by atoms with Gasteiger partial charge in [-0.3, -0.25) is 10.1 Å². The maximum atomic E-state index is 13.4. The lowest BCUT2D eigenvalue weighted by Gasteiger charge is -2.08. The number of nitrogens with two attached hydrogens (primary N) is 1. The highest BCUT2D eigenvalue weighted by molar-refractivity contribution is 6.31. The molecule has 0 radical (unpaired) electrons. The van der Waals surface area contributed by atoms with Crippen molar-refractivity contribution < 1.29 is 14.1 Å². The minimum absolute atomic E-state index is 0.143. The summed E-state index contributed by atoms with van der Waals surface area (Å²) in [5, 5.41) is 10.9. The summed E-state index contributed by atoms with van der Waals surface area (Å²) in [6.45, 7) is 0.297. The number of nitro groups is 1. The van der Waals surface area contributed by atoms with Crippen molar-refractivity contribution in [1.29, 1.82) is 0 Å². The van der Waals surface area contributed by atoms with Crippen molar-refractivity contribution in [2.24, 2.45) is 5.73 Å². The molecule has 104 valence electrons. The van der Waals surface area contributed by atoms with Gasteiger partial charge in [-0.15, -0.1) is 0 Å². The number of ether oxygens (including phenoxy) is 1. The number of hydrogen-bond donors (Lipinski definition) is 1. The van der Waals surface area contributed by atoms with Crippen LogP contribution in [-0.2, 0) is 6.54 Å². The van der Waals surface area contributed by atoms with E-state index in [-0.39, 0.29) is 5.75 Å². The van der Waals surface area contributed by atoms with Crippen molar-refractivity contribution in [1.82, 2.24) is 0 Å². The average molecular weight is 297 g/mol. The van der Waals surface area contributed by atoms with Crippen LogP contribution in [0.25, 0.3) is 0 Å². The Labute approximate surface area is 118 Å². The fraction of sp³-hybridized carbons (Fsp3) is 0.0769. The zero-order valence-electron chi connectivity index (χ0n) is 10.2. The van der Waals surface area contributed by atoms with Gasteiger partial charge in [0.05, 0.1) is 4.92 Å². The zero-order valence-corrected chi connectivity index (χ0v) is 10.9. The molecule has 0 unspecified atom stereocenters. The van der Waals surface area contributed by atoms with Crippen molar-refractivity contribution in [2.75, 3.05) is 0 Å². The first kappa shape index (κ1) is 14.2. The number of rotatable bonds is 4. The molecule has 0 saturated carbocycles. The smallest absolute Gasteiger partial charge is 0.305 e. The summed E-state index contributed by atoms with van der Waals surface area (Å²) in [6.07, 6.45) is 0. The van der Waals surface area contributed by atoms with Crippen LogP contribution in [0.3, 0.4) is 0 Å². The first-order valence-electron chi connectivity index (χ1n) is 5.61. The number of nitrogens with zero attached hydrogens (tertiary/aromatic N) is 1. The third-order valence-electron chi connectivity index (χ3n) is 2.60. The van der Waals surface area contributed by atoms with Gasteiger partial charge in [0.25, 0.3) is 0 Å². The molecule has 0 aliphatic rings. The van der Waals surface area contributed by atoms with Crippen LogP contribution in [0.1, 0.15) is 5.56 Å². The summed E-state index contributed by atoms with van der Waals surface area (Å²) in [5.41, 5.74) is 5.63. The molecule has 7 heteroatoms.